The van der Waals surface area contributed by atoms with Crippen LogP contribution in [0.5, 0.6) is 0 Å². The monoisotopic (exact) mass is 191 g/mol. The molecule has 76 valence electrons. The van der Waals surface area contributed by atoms with Gasteiger partial charge in [-0.25, -0.2) is 0 Å². The van der Waals surface area contributed by atoms with E-state index in [0.29, 0.717) is 0 Å². The number of aromatic nitrogens is 1. The van der Waals surface area contributed by atoms with Crippen LogP contribution in [0.15, 0.2) is 30.5 Å². The molecule has 1 atom stereocenters. The van der Waals surface area contributed by atoms with Gasteiger partial charge in [0.15, 0.2) is 0 Å². The Kier molecular flexibility index (Phi) is 3.42. The molecule has 0 fully saturated rings. The van der Waals surface area contributed by atoms with Gasteiger partial charge < -0.3 is 5.11 Å². The lowest BCUT2D eigenvalue weighted by molar-refractivity contribution is 0.106. The number of pyridine rings is 1. The Morgan fingerprint density at radius 2 is 2.07 bits per heavy atom. The van der Waals surface area contributed by atoms with Crippen molar-refractivity contribution in [3.05, 3.63) is 36.2 Å². The van der Waals surface area contributed by atoms with Crippen molar-refractivity contribution in [2.75, 3.05) is 0 Å². The first-order chi connectivity index (χ1) is 6.50. The standard InChI is InChI=1S/C12H17NO/c1-12(2,3)11(14)8-7-10-6-4-5-9-13-10/h4-9,11,14H,1-3H3/b8-7+. The molecule has 0 spiro atoms. The molecule has 0 aliphatic heterocycles. The maximum atomic E-state index is 9.73. The molecule has 1 unspecified atom stereocenters. The lowest BCUT2D eigenvalue weighted by atomic mass is 9.89. The van der Waals surface area contributed by atoms with Crippen LogP contribution >= 0.6 is 0 Å². The summed E-state index contributed by atoms with van der Waals surface area (Å²) in [5, 5.41) is 9.73. The zero-order valence-electron chi connectivity index (χ0n) is 8.94. The van der Waals surface area contributed by atoms with Crippen molar-refractivity contribution in [1.82, 2.24) is 4.98 Å². The van der Waals surface area contributed by atoms with E-state index in [1.54, 1.807) is 12.3 Å². The molecule has 0 aliphatic rings. The number of nitrogens with zero attached hydrogens (tertiary/aromatic N) is 1. The smallest absolute Gasteiger partial charge is 0.0772 e. The predicted octanol–water partition coefficient (Wildman–Crippen LogP) is 2.50. The van der Waals surface area contributed by atoms with Crippen LogP contribution in [-0.4, -0.2) is 16.2 Å². The quantitative estimate of drug-likeness (QED) is 0.779. The Bertz CT molecular complexity index is 298. The van der Waals surface area contributed by atoms with Gasteiger partial charge in [-0.1, -0.05) is 32.9 Å². The molecule has 0 saturated carbocycles. The second-order valence-corrected chi connectivity index (χ2v) is 4.42. The second kappa shape index (κ2) is 4.38. The summed E-state index contributed by atoms with van der Waals surface area (Å²) in [6.45, 7) is 6.00. The van der Waals surface area contributed by atoms with E-state index in [2.05, 4.69) is 4.98 Å². The average molecular weight is 191 g/mol. The van der Waals surface area contributed by atoms with Gasteiger partial charge >= 0.3 is 0 Å². The highest BCUT2D eigenvalue weighted by Crippen LogP contribution is 2.20. The Hall–Kier alpha value is -1.15. The molecule has 2 nitrogen and oxygen atoms in total. The van der Waals surface area contributed by atoms with E-state index < -0.39 is 6.10 Å². The highest BCUT2D eigenvalue weighted by molar-refractivity contribution is 5.44. The summed E-state index contributed by atoms with van der Waals surface area (Å²) in [5.41, 5.74) is 0.751. The Balaban J connectivity index is 2.66. The fourth-order valence-electron chi connectivity index (χ4n) is 0.953. The van der Waals surface area contributed by atoms with Gasteiger partial charge in [0.25, 0.3) is 0 Å². The minimum absolute atomic E-state index is 0.120. The lowest BCUT2D eigenvalue weighted by Gasteiger charge is -2.22. The van der Waals surface area contributed by atoms with Gasteiger partial charge in [-0.3, -0.25) is 4.98 Å². The molecule has 0 aliphatic carbocycles. The van der Waals surface area contributed by atoms with Crippen molar-refractivity contribution in [2.45, 2.75) is 26.9 Å². The molecular weight excluding hydrogens is 174 g/mol. The van der Waals surface area contributed by atoms with Crippen LogP contribution in [0.1, 0.15) is 26.5 Å². The molecule has 1 aromatic heterocycles. The maximum Gasteiger partial charge on any atom is 0.0772 e. The lowest BCUT2D eigenvalue weighted by Crippen LogP contribution is -2.23. The highest BCUT2D eigenvalue weighted by Gasteiger charge is 2.18. The van der Waals surface area contributed by atoms with E-state index in [4.69, 9.17) is 0 Å². The first kappa shape index (κ1) is 10.9. The summed E-state index contributed by atoms with van der Waals surface area (Å²) in [6.07, 6.45) is 4.92. The van der Waals surface area contributed by atoms with Crippen molar-refractivity contribution in [3.63, 3.8) is 0 Å². The summed E-state index contributed by atoms with van der Waals surface area (Å²) in [7, 11) is 0. The number of aliphatic hydroxyl groups excluding tert-OH is 1. The van der Waals surface area contributed by atoms with Gasteiger partial charge in [0, 0.05) is 6.20 Å². The minimum Gasteiger partial charge on any atom is -0.388 e. The summed E-state index contributed by atoms with van der Waals surface area (Å²) < 4.78 is 0. The zero-order valence-corrected chi connectivity index (χ0v) is 8.94. The first-order valence-electron chi connectivity index (χ1n) is 4.77. The van der Waals surface area contributed by atoms with Crippen molar-refractivity contribution in [3.8, 4) is 0 Å². The topological polar surface area (TPSA) is 33.1 Å². The second-order valence-electron chi connectivity index (χ2n) is 4.42. The Morgan fingerprint density at radius 1 is 1.36 bits per heavy atom. The molecule has 2 heteroatoms. The van der Waals surface area contributed by atoms with Gasteiger partial charge in [-0.15, -0.1) is 0 Å². The van der Waals surface area contributed by atoms with E-state index >= 15 is 0 Å². The summed E-state index contributed by atoms with van der Waals surface area (Å²) >= 11 is 0. The van der Waals surface area contributed by atoms with Crippen LogP contribution in [0.2, 0.25) is 0 Å². The number of hydrogen-bond donors (Lipinski definition) is 1. The largest absolute Gasteiger partial charge is 0.388 e. The van der Waals surface area contributed by atoms with E-state index in [-0.39, 0.29) is 5.41 Å². The molecule has 1 N–H and O–H groups in total. The van der Waals surface area contributed by atoms with Crippen molar-refractivity contribution in [2.24, 2.45) is 5.41 Å². The van der Waals surface area contributed by atoms with Gasteiger partial charge in [-0.2, -0.15) is 0 Å². The summed E-state index contributed by atoms with van der Waals surface area (Å²) in [6, 6.07) is 5.71. The summed E-state index contributed by atoms with van der Waals surface area (Å²) in [5.74, 6) is 0. The molecule has 0 amide bonds. The molecule has 14 heavy (non-hydrogen) atoms. The third-order valence-corrected chi connectivity index (χ3v) is 2.02. The molecule has 1 heterocycles. The molecule has 0 saturated heterocycles. The fourth-order valence-corrected chi connectivity index (χ4v) is 0.953. The molecule has 1 rings (SSSR count). The highest BCUT2D eigenvalue weighted by atomic mass is 16.3. The van der Waals surface area contributed by atoms with Crippen LogP contribution in [0.3, 0.4) is 0 Å². The number of hydrogen-bond acceptors (Lipinski definition) is 2. The fraction of sp³-hybridized carbons (Fsp3) is 0.417. The van der Waals surface area contributed by atoms with Crippen LogP contribution in [0.4, 0.5) is 0 Å². The van der Waals surface area contributed by atoms with Gasteiger partial charge in [0.2, 0.25) is 0 Å². The van der Waals surface area contributed by atoms with Gasteiger partial charge in [-0.05, 0) is 23.6 Å². The Labute approximate surface area is 85.3 Å². The van der Waals surface area contributed by atoms with Crippen molar-refractivity contribution in [1.29, 1.82) is 0 Å². The molecule has 0 radical (unpaired) electrons. The van der Waals surface area contributed by atoms with E-state index in [1.807, 2.05) is 45.0 Å². The van der Waals surface area contributed by atoms with Crippen molar-refractivity contribution < 1.29 is 5.11 Å². The molecule has 0 aromatic carbocycles. The molecule has 1 aromatic rings. The maximum absolute atomic E-state index is 9.73. The number of rotatable bonds is 2. The summed E-state index contributed by atoms with van der Waals surface area (Å²) in [4.78, 5) is 4.13. The Morgan fingerprint density at radius 3 is 2.57 bits per heavy atom. The first-order valence-corrected chi connectivity index (χ1v) is 4.77. The molecule has 0 bridgehead atoms. The normalized spacial score (nSPS) is 14.6. The van der Waals surface area contributed by atoms with Crippen LogP contribution in [0.25, 0.3) is 6.08 Å². The van der Waals surface area contributed by atoms with E-state index in [1.165, 1.54) is 0 Å². The minimum atomic E-state index is -0.440. The van der Waals surface area contributed by atoms with Gasteiger partial charge in [0.1, 0.15) is 0 Å². The third kappa shape index (κ3) is 3.30. The third-order valence-electron chi connectivity index (χ3n) is 2.02. The van der Waals surface area contributed by atoms with Crippen LogP contribution in [-0.2, 0) is 0 Å². The van der Waals surface area contributed by atoms with E-state index in [9.17, 15) is 5.11 Å². The van der Waals surface area contributed by atoms with Crippen LogP contribution < -0.4 is 0 Å². The average Bonchev–Trinajstić information content (AvgIpc) is 2.14. The number of aliphatic hydroxyl groups is 1. The molecular formula is C12H17NO. The van der Waals surface area contributed by atoms with Crippen molar-refractivity contribution >= 4 is 6.08 Å². The van der Waals surface area contributed by atoms with E-state index in [0.717, 1.165) is 5.69 Å². The predicted molar refractivity (Wildman–Crippen MR) is 58.7 cm³/mol. The van der Waals surface area contributed by atoms with Gasteiger partial charge in [0.05, 0.1) is 11.8 Å². The SMILES string of the molecule is CC(C)(C)C(O)/C=C/c1ccccn1. The van der Waals surface area contributed by atoms with Crippen LogP contribution in [0, 0.1) is 5.41 Å². The zero-order chi connectivity index (χ0) is 10.6.